The predicted octanol–water partition coefficient (Wildman–Crippen LogP) is 4.49. The molecule has 0 aliphatic carbocycles. The smallest absolute Gasteiger partial charge is 0.270 e. The zero-order chi connectivity index (χ0) is 19.2. The quantitative estimate of drug-likeness (QED) is 0.515. The van der Waals surface area contributed by atoms with Gasteiger partial charge in [-0.15, -0.1) is 0 Å². The van der Waals surface area contributed by atoms with Crippen molar-refractivity contribution in [3.8, 4) is 5.75 Å². The molecule has 7 heteroatoms. The van der Waals surface area contributed by atoms with Crippen LogP contribution in [0, 0.1) is 15.9 Å². The lowest BCUT2D eigenvalue weighted by molar-refractivity contribution is -0.384. The third-order valence-corrected chi connectivity index (χ3v) is 3.75. The fourth-order valence-corrected chi connectivity index (χ4v) is 2.42. The van der Waals surface area contributed by atoms with Crippen LogP contribution in [0.15, 0.2) is 78.9 Å². The number of nitrogens with zero attached hydrogens (tertiary/aromatic N) is 1. The molecule has 0 spiro atoms. The van der Waals surface area contributed by atoms with Crippen molar-refractivity contribution in [1.82, 2.24) is 0 Å². The fourth-order valence-electron chi connectivity index (χ4n) is 2.42. The van der Waals surface area contributed by atoms with E-state index in [1.165, 1.54) is 48.5 Å². The average Bonchev–Trinajstić information content (AvgIpc) is 2.69. The minimum absolute atomic E-state index is 0.0747. The number of non-ortho nitro benzene ring substituents is 1. The molecule has 136 valence electrons. The summed E-state index contributed by atoms with van der Waals surface area (Å²) in [4.78, 5) is 23.0. The first-order chi connectivity index (χ1) is 13.0. The number of halogens is 1. The Labute approximate surface area is 154 Å². The van der Waals surface area contributed by atoms with Crippen LogP contribution in [0.4, 0.5) is 15.8 Å². The number of carbonyl (C=O) groups is 1. The van der Waals surface area contributed by atoms with Crippen molar-refractivity contribution in [2.45, 2.75) is 6.10 Å². The summed E-state index contributed by atoms with van der Waals surface area (Å²) in [6.07, 6.45) is -0.988. The summed E-state index contributed by atoms with van der Waals surface area (Å²) in [6.45, 7) is 0. The van der Waals surface area contributed by atoms with Gasteiger partial charge in [0.2, 0.25) is 6.10 Å². The minimum Gasteiger partial charge on any atom is -0.476 e. The van der Waals surface area contributed by atoms with Gasteiger partial charge in [0.1, 0.15) is 11.6 Å². The van der Waals surface area contributed by atoms with Crippen molar-refractivity contribution >= 4 is 17.3 Å². The van der Waals surface area contributed by atoms with Gasteiger partial charge in [-0.05, 0) is 36.4 Å². The summed E-state index contributed by atoms with van der Waals surface area (Å²) in [6, 6.07) is 19.7. The van der Waals surface area contributed by atoms with Gasteiger partial charge in [-0.2, -0.15) is 0 Å². The topological polar surface area (TPSA) is 81.5 Å². The molecule has 27 heavy (non-hydrogen) atoms. The van der Waals surface area contributed by atoms with Gasteiger partial charge in [0, 0.05) is 23.4 Å². The number of carbonyl (C=O) groups excluding carboxylic acids is 1. The molecule has 0 bridgehead atoms. The van der Waals surface area contributed by atoms with E-state index in [-0.39, 0.29) is 5.69 Å². The number of hydrogen-bond acceptors (Lipinski definition) is 4. The number of rotatable bonds is 6. The molecule has 0 aliphatic heterocycles. The number of anilines is 1. The van der Waals surface area contributed by atoms with Crippen LogP contribution in [0.1, 0.15) is 11.7 Å². The number of benzene rings is 3. The molecule has 0 aliphatic rings. The SMILES string of the molecule is O=C(Nc1ccc(F)cc1)C(Oc1ccc([N+](=O)[O-])cc1)c1ccccc1. The van der Waals surface area contributed by atoms with E-state index in [2.05, 4.69) is 5.32 Å². The Bertz CT molecular complexity index is 928. The molecule has 0 aromatic heterocycles. The molecular formula is C20H15FN2O4. The average molecular weight is 366 g/mol. The molecule has 3 rings (SSSR count). The molecule has 0 radical (unpaired) electrons. The minimum atomic E-state index is -0.988. The van der Waals surface area contributed by atoms with E-state index in [9.17, 15) is 19.3 Å². The molecule has 3 aromatic rings. The Morgan fingerprint density at radius 2 is 1.59 bits per heavy atom. The maximum atomic E-state index is 13.0. The van der Waals surface area contributed by atoms with Crippen LogP contribution in [-0.2, 0) is 4.79 Å². The van der Waals surface area contributed by atoms with Crippen molar-refractivity contribution in [3.05, 3.63) is 100 Å². The maximum absolute atomic E-state index is 13.0. The molecule has 0 fully saturated rings. The molecule has 1 atom stereocenters. The van der Waals surface area contributed by atoms with Crippen molar-refractivity contribution in [3.63, 3.8) is 0 Å². The van der Waals surface area contributed by atoms with Gasteiger partial charge in [-0.3, -0.25) is 14.9 Å². The normalized spacial score (nSPS) is 11.4. The lowest BCUT2D eigenvalue weighted by Crippen LogP contribution is -2.25. The van der Waals surface area contributed by atoms with E-state index >= 15 is 0 Å². The number of nitro benzene ring substituents is 1. The zero-order valence-electron chi connectivity index (χ0n) is 14.0. The summed E-state index contributed by atoms with van der Waals surface area (Å²) in [7, 11) is 0. The molecule has 1 amide bonds. The molecule has 0 saturated heterocycles. The second kappa shape index (κ2) is 8.09. The summed E-state index contributed by atoms with van der Waals surface area (Å²) in [5, 5.41) is 13.4. The van der Waals surface area contributed by atoms with Crippen LogP contribution >= 0.6 is 0 Å². The molecule has 1 unspecified atom stereocenters. The van der Waals surface area contributed by atoms with E-state index in [1.54, 1.807) is 24.3 Å². The van der Waals surface area contributed by atoms with Gasteiger partial charge in [0.25, 0.3) is 11.6 Å². The largest absolute Gasteiger partial charge is 0.476 e. The summed E-state index contributed by atoms with van der Waals surface area (Å²) in [5.74, 6) is -0.551. The van der Waals surface area contributed by atoms with Crippen molar-refractivity contribution in [2.24, 2.45) is 0 Å². The van der Waals surface area contributed by atoms with E-state index in [1.807, 2.05) is 6.07 Å². The third-order valence-electron chi connectivity index (χ3n) is 3.75. The highest BCUT2D eigenvalue weighted by molar-refractivity contribution is 5.95. The van der Waals surface area contributed by atoms with E-state index in [4.69, 9.17) is 4.74 Å². The van der Waals surface area contributed by atoms with Crippen LogP contribution in [0.5, 0.6) is 5.75 Å². The lowest BCUT2D eigenvalue weighted by atomic mass is 10.1. The number of nitro groups is 1. The summed E-state index contributed by atoms with van der Waals surface area (Å²) in [5.41, 5.74) is 0.958. The Hall–Kier alpha value is -3.74. The third kappa shape index (κ3) is 4.66. The fraction of sp³-hybridized carbons (Fsp3) is 0.0500. The molecular weight excluding hydrogens is 351 g/mol. The molecule has 0 saturated carbocycles. The first-order valence-corrected chi connectivity index (χ1v) is 8.05. The Morgan fingerprint density at radius 3 is 2.19 bits per heavy atom. The Kier molecular flexibility index (Phi) is 5.41. The maximum Gasteiger partial charge on any atom is 0.270 e. The highest BCUT2D eigenvalue weighted by Crippen LogP contribution is 2.25. The van der Waals surface area contributed by atoms with Crippen molar-refractivity contribution in [2.75, 3.05) is 5.32 Å². The van der Waals surface area contributed by atoms with Gasteiger partial charge < -0.3 is 10.1 Å². The first-order valence-electron chi connectivity index (χ1n) is 8.05. The van der Waals surface area contributed by atoms with Crippen LogP contribution in [0.2, 0.25) is 0 Å². The van der Waals surface area contributed by atoms with E-state index in [0.717, 1.165) is 0 Å². The van der Waals surface area contributed by atoms with Crippen molar-refractivity contribution in [1.29, 1.82) is 0 Å². The summed E-state index contributed by atoms with van der Waals surface area (Å²) >= 11 is 0. The van der Waals surface area contributed by atoms with Crippen molar-refractivity contribution < 1.29 is 18.8 Å². The van der Waals surface area contributed by atoms with Gasteiger partial charge in [-0.25, -0.2) is 4.39 Å². The van der Waals surface area contributed by atoms with Gasteiger partial charge in [-0.1, -0.05) is 30.3 Å². The number of amides is 1. The number of ether oxygens (including phenoxy) is 1. The Morgan fingerprint density at radius 1 is 0.963 bits per heavy atom. The summed E-state index contributed by atoms with van der Waals surface area (Å²) < 4.78 is 18.8. The first kappa shape index (κ1) is 18.1. The van der Waals surface area contributed by atoms with Gasteiger partial charge in [0.05, 0.1) is 4.92 Å². The number of hydrogen-bond donors (Lipinski definition) is 1. The highest BCUT2D eigenvalue weighted by atomic mass is 19.1. The van der Waals surface area contributed by atoms with E-state index < -0.39 is 22.8 Å². The van der Waals surface area contributed by atoms with Crippen LogP contribution in [-0.4, -0.2) is 10.8 Å². The molecule has 1 N–H and O–H groups in total. The molecule has 6 nitrogen and oxygen atoms in total. The monoisotopic (exact) mass is 366 g/mol. The molecule has 3 aromatic carbocycles. The van der Waals surface area contributed by atoms with E-state index in [0.29, 0.717) is 17.0 Å². The second-order valence-electron chi connectivity index (χ2n) is 5.66. The lowest BCUT2D eigenvalue weighted by Gasteiger charge is -2.19. The van der Waals surface area contributed by atoms with Gasteiger partial charge in [0.15, 0.2) is 0 Å². The molecule has 0 heterocycles. The Balaban J connectivity index is 1.83. The van der Waals surface area contributed by atoms with Crippen LogP contribution < -0.4 is 10.1 Å². The predicted molar refractivity (Wildman–Crippen MR) is 97.9 cm³/mol. The van der Waals surface area contributed by atoms with Gasteiger partial charge >= 0.3 is 0 Å². The highest BCUT2D eigenvalue weighted by Gasteiger charge is 2.23. The standard InChI is InChI=1S/C20H15FN2O4/c21-15-6-8-16(9-7-15)22-20(24)19(14-4-2-1-3-5-14)27-18-12-10-17(11-13-18)23(25)26/h1-13,19H,(H,22,24). The van der Waals surface area contributed by atoms with Crippen LogP contribution in [0.25, 0.3) is 0 Å². The zero-order valence-corrected chi connectivity index (χ0v) is 14.0. The number of nitrogens with one attached hydrogen (secondary N) is 1. The van der Waals surface area contributed by atoms with Crippen LogP contribution in [0.3, 0.4) is 0 Å². The second-order valence-corrected chi connectivity index (χ2v) is 5.66.